The molecule has 2 aromatic rings. The van der Waals surface area contributed by atoms with Crippen LogP contribution < -0.4 is 15.1 Å². The van der Waals surface area contributed by atoms with Crippen LogP contribution in [-0.2, 0) is 11.8 Å². The Hall–Kier alpha value is -1.73. The number of rotatable bonds is 5. The zero-order valence-electron chi connectivity index (χ0n) is 12.4. The smallest absolute Gasteiger partial charge is 0.291 e. The summed E-state index contributed by atoms with van der Waals surface area (Å²) in [6.07, 6.45) is 0.556. The van der Waals surface area contributed by atoms with E-state index in [0.29, 0.717) is 22.2 Å². The highest BCUT2D eigenvalue weighted by molar-refractivity contribution is 8.00. The van der Waals surface area contributed by atoms with E-state index in [-0.39, 0.29) is 5.91 Å². The van der Waals surface area contributed by atoms with E-state index in [4.69, 9.17) is 11.6 Å². The van der Waals surface area contributed by atoms with Crippen molar-refractivity contribution < 1.29 is 19.1 Å². The van der Waals surface area contributed by atoms with Crippen molar-refractivity contribution in [2.45, 2.75) is 30.5 Å². The SMILES string of the molecule is CCC(Sc1c([O-])on[n+]1C)C(=O)Nc1cccc(Cl)c1C. The Morgan fingerprint density at radius 2 is 2.32 bits per heavy atom. The van der Waals surface area contributed by atoms with Crippen LogP contribution in [0, 0.1) is 6.92 Å². The van der Waals surface area contributed by atoms with Crippen LogP contribution in [0.25, 0.3) is 0 Å². The van der Waals surface area contributed by atoms with Gasteiger partial charge in [-0.2, -0.15) is 0 Å². The summed E-state index contributed by atoms with van der Waals surface area (Å²) in [5.74, 6) is -0.740. The maximum Gasteiger partial charge on any atom is 0.291 e. The summed E-state index contributed by atoms with van der Waals surface area (Å²) in [5, 5.41) is 18.4. The van der Waals surface area contributed by atoms with Crippen LogP contribution in [-0.4, -0.2) is 16.4 Å². The predicted octanol–water partition coefficient (Wildman–Crippen LogP) is 2.04. The highest BCUT2D eigenvalue weighted by Crippen LogP contribution is 2.29. The lowest BCUT2D eigenvalue weighted by atomic mass is 10.2. The second-order valence-electron chi connectivity index (χ2n) is 4.71. The summed E-state index contributed by atoms with van der Waals surface area (Å²) in [7, 11) is 1.60. The van der Waals surface area contributed by atoms with Crippen LogP contribution in [0.4, 0.5) is 5.69 Å². The van der Waals surface area contributed by atoms with E-state index >= 15 is 0 Å². The third-order valence-corrected chi connectivity index (χ3v) is 5.05. The molecular formula is C14H16ClN3O3S. The van der Waals surface area contributed by atoms with Gasteiger partial charge in [0.05, 0.1) is 10.5 Å². The molecule has 1 aromatic carbocycles. The molecule has 6 nitrogen and oxygen atoms in total. The van der Waals surface area contributed by atoms with Crippen molar-refractivity contribution in [3.05, 3.63) is 28.8 Å². The minimum atomic E-state index is -0.544. The Labute approximate surface area is 137 Å². The fraction of sp³-hybridized carbons (Fsp3) is 0.357. The van der Waals surface area contributed by atoms with Gasteiger partial charge in [-0.25, -0.2) is 0 Å². The fourth-order valence-corrected chi connectivity index (χ4v) is 2.94. The number of nitrogens with one attached hydrogen (secondary N) is 1. The largest absolute Gasteiger partial charge is 0.538 e. The lowest BCUT2D eigenvalue weighted by molar-refractivity contribution is -0.772. The number of carbonyl (C=O) groups excluding carboxylic acids is 1. The molecular weight excluding hydrogens is 326 g/mol. The number of hydrogen-bond acceptors (Lipinski definition) is 5. The van der Waals surface area contributed by atoms with Crippen LogP contribution >= 0.6 is 23.4 Å². The second-order valence-corrected chi connectivity index (χ2v) is 6.30. The predicted molar refractivity (Wildman–Crippen MR) is 81.9 cm³/mol. The molecule has 1 amide bonds. The first-order valence-electron chi connectivity index (χ1n) is 6.69. The summed E-state index contributed by atoms with van der Waals surface area (Å²) in [6, 6.07) is 5.32. The van der Waals surface area contributed by atoms with E-state index in [1.54, 1.807) is 25.2 Å². The number of thioether (sulfide) groups is 1. The maximum atomic E-state index is 12.4. The molecule has 1 heterocycles. The third kappa shape index (κ3) is 3.53. The van der Waals surface area contributed by atoms with Crippen LogP contribution in [0.1, 0.15) is 18.9 Å². The van der Waals surface area contributed by atoms with Gasteiger partial charge in [0.15, 0.2) is 13.0 Å². The van der Waals surface area contributed by atoms with Gasteiger partial charge >= 0.3 is 0 Å². The van der Waals surface area contributed by atoms with Crippen LogP contribution in [0.3, 0.4) is 0 Å². The van der Waals surface area contributed by atoms with E-state index < -0.39 is 11.2 Å². The van der Waals surface area contributed by atoms with E-state index in [1.165, 1.54) is 4.68 Å². The fourth-order valence-electron chi connectivity index (χ4n) is 1.84. The zero-order chi connectivity index (χ0) is 16.3. The molecule has 0 aliphatic carbocycles. The van der Waals surface area contributed by atoms with Gasteiger partial charge in [-0.3, -0.25) is 4.79 Å². The third-order valence-electron chi connectivity index (χ3n) is 3.16. The molecule has 0 saturated heterocycles. The second kappa shape index (κ2) is 7.02. The summed E-state index contributed by atoms with van der Waals surface area (Å²) in [6.45, 7) is 3.71. The molecule has 2 rings (SSSR count). The Kier molecular flexibility index (Phi) is 5.31. The standard InChI is InChI=1S/C14H16ClN3O3S/c1-4-11(22-13-14(20)21-17-18(13)3)12(19)16-10-7-5-6-9(15)8(10)2/h5-7,11H,4H2,1-3H3,(H-,16,17,19,20). The quantitative estimate of drug-likeness (QED) is 0.664. The maximum absolute atomic E-state index is 12.4. The monoisotopic (exact) mass is 341 g/mol. The van der Waals surface area contributed by atoms with Crippen molar-refractivity contribution in [2.75, 3.05) is 5.32 Å². The molecule has 0 aliphatic heterocycles. The van der Waals surface area contributed by atoms with Crippen molar-refractivity contribution >= 4 is 35.0 Å². The molecule has 1 N–H and O–H groups in total. The topological polar surface area (TPSA) is 82.1 Å². The van der Waals surface area contributed by atoms with E-state index in [0.717, 1.165) is 17.3 Å². The molecule has 118 valence electrons. The summed E-state index contributed by atoms with van der Waals surface area (Å²) >= 11 is 7.18. The minimum absolute atomic E-state index is 0.196. The number of nitrogens with zero attached hydrogens (tertiary/aromatic N) is 2. The number of anilines is 1. The Balaban J connectivity index is 2.14. The van der Waals surface area contributed by atoms with Gasteiger partial charge in [-0.1, -0.05) is 29.3 Å². The average Bonchev–Trinajstić information content (AvgIpc) is 2.80. The molecule has 1 atom stereocenters. The molecule has 0 bridgehead atoms. The number of benzene rings is 1. The van der Waals surface area contributed by atoms with Crippen LogP contribution in [0.5, 0.6) is 5.95 Å². The first-order chi connectivity index (χ1) is 10.4. The first-order valence-corrected chi connectivity index (χ1v) is 7.95. The Morgan fingerprint density at radius 3 is 2.91 bits per heavy atom. The minimum Gasteiger partial charge on any atom is -0.538 e. The number of carbonyl (C=O) groups is 1. The molecule has 22 heavy (non-hydrogen) atoms. The molecule has 0 aliphatic rings. The number of aromatic nitrogens is 2. The van der Waals surface area contributed by atoms with E-state index in [2.05, 4.69) is 15.1 Å². The highest BCUT2D eigenvalue weighted by Gasteiger charge is 2.25. The highest BCUT2D eigenvalue weighted by atomic mass is 35.5. The van der Waals surface area contributed by atoms with Crippen molar-refractivity contribution in [1.82, 2.24) is 5.27 Å². The molecule has 0 radical (unpaired) electrons. The number of halogens is 1. The lowest BCUT2D eigenvalue weighted by Crippen LogP contribution is -2.34. The van der Waals surface area contributed by atoms with Gasteiger partial charge in [0, 0.05) is 10.7 Å². The summed E-state index contributed by atoms with van der Waals surface area (Å²) < 4.78 is 5.89. The Bertz CT molecular complexity index is 670. The average molecular weight is 342 g/mol. The zero-order valence-corrected chi connectivity index (χ0v) is 14.0. The summed E-state index contributed by atoms with van der Waals surface area (Å²) in [4.78, 5) is 12.4. The van der Waals surface area contributed by atoms with Crippen molar-refractivity contribution in [1.29, 1.82) is 0 Å². The van der Waals surface area contributed by atoms with Gasteiger partial charge in [0.1, 0.15) is 0 Å². The number of hydrogen-bond donors (Lipinski definition) is 1. The normalized spacial score (nSPS) is 12.2. The number of aryl methyl sites for hydroxylation is 1. The van der Waals surface area contributed by atoms with E-state index in [9.17, 15) is 9.90 Å². The van der Waals surface area contributed by atoms with Crippen molar-refractivity contribution in [3.8, 4) is 5.95 Å². The lowest BCUT2D eigenvalue weighted by Gasteiger charge is -2.14. The van der Waals surface area contributed by atoms with Crippen LogP contribution in [0.15, 0.2) is 27.7 Å². The molecule has 1 aromatic heterocycles. The molecule has 0 spiro atoms. The summed E-state index contributed by atoms with van der Waals surface area (Å²) in [5.41, 5.74) is 1.46. The van der Waals surface area contributed by atoms with Crippen molar-refractivity contribution in [3.63, 3.8) is 0 Å². The molecule has 1 unspecified atom stereocenters. The van der Waals surface area contributed by atoms with Crippen molar-refractivity contribution in [2.24, 2.45) is 7.05 Å². The van der Waals surface area contributed by atoms with Gasteiger partial charge in [0.25, 0.3) is 5.03 Å². The van der Waals surface area contributed by atoms with Gasteiger partial charge in [-0.05, 0) is 42.8 Å². The molecule has 0 saturated carbocycles. The van der Waals surface area contributed by atoms with Gasteiger partial charge < -0.3 is 14.9 Å². The molecule has 0 fully saturated rings. The van der Waals surface area contributed by atoms with E-state index in [1.807, 2.05) is 13.8 Å². The first kappa shape index (κ1) is 16.6. The van der Waals surface area contributed by atoms with Crippen LogP contribution in [0.2, 0.25) is 5.02 Å². The van der Waals surface area contributed by atoms with Gasteiger partial charge in [-0.15, -0.1) is 0 Å². The molecule has 8 heteroatoms. The number of amides is 1. The van der Waals surface area contributed by atoms with Gasteiger partial charge in [0.2, 0.25) is 5.91 Å². The Morgan fingerprint density at radius 1 is 1.59 bits per heavy atom.